The van der Waals surface area contributed by atoms with Crippen LogP contribution < -0.4 is 10.9 Å². The number of pyridine rings is 1. The van der Waals surface area contributed by atoms with Crippen LogP contribution in [0.3, 0.4) is 0 Å². The lowest BCUT2D eigenvalue weighted by molar-refractivity contribution is 1.30. The molecule has 0 atom stereocenters. The Balaban J connectivity index is 1.96. The van der Waals surface area contributed by atoms with E-state index in [2.05, 4.69) is 15.8 Å². The van der Waals surface area contributed by atoms with Gasteiger partial charge >= 0.3 is 0 Å². The molecule has 0 saturated heterocycles. The summed E-state index contributed by atoms with van der Waals surface area (Å²) in [5.41, 5.74) is 8.08. The van der Waals surface area contributed by atoms with Crippen molar-refractivity contribution in [3.63, 3.8) is 0 Å². The molecule has 0 aliphatic rings. The first-order valence-corrected chi connectivity index (χ1v) is 4.42. The molecule has 0 amide bonds. The van der Waals surface area contributed by atoms with Crippen molar-refractivity contribution in [1.82, 2.24) is 4.98 Å². The number of anilines is 2. The zero-order valence-electron chi connectivity index (χ0n) is 7.64. The number of aromatic nitrogens is 1. The van der Waals surface area contributed by atoms with Crippen LogP contribution in [-0.2, 0) is 0 Å². The minimum absolute atomic E-state index is 0.941. The van der Waals surface area contributed by atoms with Crippen LogP contribution in [0.15, 0.2) is 54.9 Å². The Kier molecular flexibility index (Phi) is 2.62. The minimum Gasteiger partial charge on any atom is -0.301 e. The standard InChI is InChI=1S/C11H11N3/c1-2-5-10(6-3-1)13-14-11-7-4-8-12-9-11/h1-9,13-14H. The van der Waals surface area contributed by atoms with Gasteiger partial charge in [0.25, 0.3) is 0 Å². The van der Waals surface area contributed by atoms with E-state index in [0.717, 1.165) is 11.4 Å². The van der Waals surface area contributed by atoms with Gasteiger partial charge in [0.1, 0.15) is 0 Å². The van der Waals surface area contributed by atoms with Gasteiger partial charge in [-0.1, -0.05) is 18.2 Å². The number of benzene rings is 1. The second-order valence-electron chi connectivity index (χ2n) is 2.86. The van der Waals surface area contributed by atoms with Gasteiger partial charge in [-0.05, 0) is 24.3 Å². The lowest BCUT2D eigenvalue weighted by Gasteiger charge is -2.08. The first-order valence-electron chi connectivity index (χ1n) is 4.42. The maximum Gasteiger partial charge on any atom is 0.0723 e. The summed E-state index contributed by atoms with van der Waals surface area (Å²) in [5.74, 6) is 0. The summed E-state index contributed by atoms with van der Waals surface area (Å²) in [6.45, 7) is 0. The van der Waals surface area contributed by atoms with E-state index in [9.17, 15) is 0 Å². The first-order chi connectivity index (χ1) is 6.95. The van der Waals surface area contributed by atoms with Crippen LogP contribution in [0.2, 0.25) is 0 Å². The van der Waals surface area contributed by atoms with Crippen molar-refractivity contribution < 1.29 is 0 Å². The molecule has 0 saturated carbocycles. The third-order valence-electron chi connectivity index (χ3n) is 1.79. The van der Waals surface area contributed by atoms with Gasteiger partial charge in [0.15, 0.2) is 0 Å². The average molecular weight is 185 g/mol. The van der Waals surface area contributed by atoms with Crippen LogP contribution in [0.4, 0.5) is 11.4 Å². The van der Waals surface area contributed by atoms with Crippen molar-refractivity contribution in [1.29, 1.82) is 0 Å². The largest absolute Gasteiger partial charge is 0.301 e. The molecule has 0 radical (unpaired) electrons. The number of rotatable bonds is 3. The van der Waals surface area contributed by atoms with Gasteiger partial charge in [0.05, 0.1) is 17.6 Å². The third kappa shape index (κ3) is 2.23. The fraction of sp³-hybridized carbons (Fsp3) is 0. The molecule has 0 spiro atoms. The van der Waals surface area contributed by atoms with E-state index in [-0.39, 0.29) is 0 Å². The first kappa shape index (κ1) is 8.56. The minimum atomic E-state index is 0.941. The summed E-state index contributed by atoms with van der Waals surface area (Å²) in [6, 6.07) is 13.8. The Morgan fingerprint density at radius 2 is 1.50 bits per heavy atom. The number of nitrogens with zero attached hydrogens (tertiary/aromatic N) is 1. The number of para-hydroxylation sites is 1. The molecule has 1 heterocycles. The van der Waals surface area contributed by atoms with E-state index in [1.165, 1.54) is 0 Å². The van der Waals surface area contributed by atoms with E-state index in [0.29, 0.717) is 0 Å². The number of hydrogen-bond donors (Lipinski definition) is 2. The predicted octanol–water partition coefficient (Wildman–Crippen LogP) is 2.52. The molecule has 1 aromatic heterocycles. The molecule has 0 aliphatic heterocycles. The molecule has 0 aliphatic carbocycles. The Morgan fingerprint density at radius 1 is 0.786 bits per heavy atom. The SMILES string of the molecule is c1ccc(NNc2cccnc2)cc1. The Morgan fingerprint density at radius 3 is 2.21 bits per heavy atom. The molecule has 0 bridgehead atoms. The predicted molar refractivity (Wildman–Crippen MR) is 57.9 cm³/mol. The number of hydrogen-bond acceptors (Lipinski definition) is 3. The average Bonchev–Trinajstić information content (AvgIpc) is 2.29. The van der Waals surface area contributed by atoms with Crippen molar-refractivity contribution in [2.75, 3.05) is 10.9 Å². The molecule has 3 nitrogen and oxygen atoms in total. The fourth-order valence-electron chi connectivity index (χ4n) is 1.10. The normalized spacial score (nSPS) is 9.43. The second kappa shape index (κ2) is 4.28. The number of hydrazine groups is 1. The van der Waals surface area contributed by atoms with Crippen molar-refractivity contribution in [2.45, 2.75) is 0 Å². The summed E-state index contributed by atoms with van der Waals surface area (Å²) >= 11 is 0. The summed E-state index contributed by atoms with van der Waals surface area (Å²) < 4.78 is 0. The lowest BCUT2D eigenvalue weighted by atomic mass is 10.3. The second-order valence-corrected chi connectivity index (χ2v) is 2.86. The van der Waals surface area contributed by atoms with Crippen LogP contribution in [0.5, 0.6) is 0 Å². The van der Waals surface area contributed by atoms with Crippen molar-refractivity contribution in [3.8, 4) is 0 Å². The van der Waals surface area contributed by atoms with E-state index in [1.807, 2.05) is 42.5 Å². The summed E-state index contributed by atoms with van der Waals surface area (Å²) in [7, 11) is 0. The quantitative estimate of drug-likeness (QED) is 0.721. The van der Waals surface area contributed by atoms with Gasteiger partial charge in [0, 0.05) is 6.20 Å². The molecule has 70 valence electrons. The maximum atomic E-state index is 3.99. The molecule has 14 heavy (non-hydrogen) atoms. The third-order valence-corrected chi connectivity index (χ3v) is 1.79. The topological polar surface area (TPSA) is 37.0 Å². The zero-order valence-corrected chi connectivity index (χ0v) is 7.64. The smallest absolute Gasteiger partial charge is 0.0723 e. The van der Waals surface area contributed by atoms with Crippen molar-refractivity contribution in [3.05, 3.63) is 54.9 Å². The maximum absolute atomic E-state index is 3.99. The van der Waals surface area contributed by atoms with Crippen LogP contribution in [0.1, 0.15) is 0 Å². The molecule has 0 unspecified atom stereocenters. The molecule has 3 heteroatoms. The lowest BCUT2D eigenvalue weighted by Crippen LogP contribution is -2.08. The summed E-state index contributed by atoms with van der Waals surface area (Å²) in [4.78, 5) is 3.99. The summed E-state index contributed by atoms with van der Waals surface area (Å²) in [6.07, 6.45) is 3.50. The van der Waals surface area contributed by atoms with Crippen LogP contribution in [0.25, 0.3) is 0 Å². The molecule has 2 rings (SSSR count). The van der Waals surface area contributed by atoms with Gasteiger partial charge in [-0.3, -0.25) is 10.4 Å². The van der Waals surface area contributed by atoms with Crippen LogP contribution in [0, 0.1) is 0 Å². The summed E-state index contributed by atoms with van der Waals surface area (Å²) in [5, 5.41) is 0. The highest BCUT2D eigenvalue weighted by Gasteiger charge is 1.89. The molecular weight excluding hydrogens is 174 g/mol. The number of nitrogens with one attached hydrogen (secondary N) is 2. The van der Waals surface area contributed by atoms with E-state index >= 15 is 0 Å². The van der Waals surface area contributed by atoms with E-state index in [1.54, 1.807) is 12.4 Å². The van der Waals surface area contributed by atoms with Gasteiger partial charge in [-0.25, -0.2) is 0 Å². The highest BCUT2D eigenvalue weighted by Crippen LogP contribution is 2.07. The van der Waals surface area contributed by atoms with Crippen molar-refractivity contribution >= 4 is 11.4 Å². The van der Waals surface area contributed by atoms with Gasteiger partial charge in [-0.15, -0.1) is 0 Å². The zero-order chi connectivity index (χ0) is 9.64. The van der Waals surface area contributed by atoms with E-state index < -0.39 is 0 Å². The molecular formula is C11H11N3. The highest BCUT2D eigenvalue weighted by atomic mass is 15.4. The fourth-order valence-corrected chi connectivity index (χ4v) is 1.10. The van der Waals surface area contributed by atoms with Crippen LogP contribution >= 0.6 is 0 Å². The molecule has 2 N–H and O–H groups in total. The monoisotopic (exact) mass is 185 g/mol. The van der Waals surface area contributed by atoms with E-state index in [4.69, 9.17) is 0 Å². The Bertz CT molecular complexity index is 333. The Hall–Kier alpha value is -2.03. The van der Waals surface area contributed by atoms with Crippen molar-refractivity contribution in [2.24, 2.45) is 0 Å². The molecule has 0 fully saturated rings. The Labute approximate surface area is 82.8 Å². The van der Waals surface area contributed by atoms with Gasteiger partial charge in [-0.2, -0.15) is 0 Å². The van der Waals surface area contributed by atoms with Gasteiger partial charge < -0.3 is 5.43 Å². The van der Waals surface area contributed by atoms with Gasteiger partial charge in [0.2, 0.25) is 0 Å². The molecule has 2 aromatic rings. The highest BCUT2D eigenvalue weighted by molar-refractivity contribution is 5.50. The molecule has 1 aromatic carbocycles. The van der Waals surface area contributed by atoms with Crippen LogP contribution in [-0.4, -0.2) is 4.98 Å².